The fourth-order valence-corrected chi connectivity index (χ4v) is 2.52. The Hall–Kier alpha value is -1.35. The SMILES string of the molecule is C1=c2cnccc2=C(NC2CCNC2)CC1. The number of rotatable bonds is 2. The maximum absolute atomic E-state index is 4.18. The molecule has 3 rings (SSSR count). The molecule has 1 aliphatic heterocycles. The van der Waals surface area contributed by atoms with Crippen molar-refractivity contribution in [1.29, 1.82) is 0 Å². The molecule has 1 aromatic heterocycles. The molecule has 84 valence electrons. The van der Waals surface area contributed by atoms with E-state index in [2.05, 4.69) is 27.8 Å². The lowest BCUT2D eigenvalue weighted by Crippen LogP contribution is -2.39. The predicted octanol–water partition coefficient (Wildman–Crippen LogP) is -0.284. The second-order valence-corrected chi connectivity index (χ2v) is 4.52. The Kier molecular flexibility index (Phi) is 2.62. The van der Waals surface area contributed by atoms with E-state index in [9.17, 15) is 0 Å². The van der Waals surface area contributed by atoms with Crippen molar-refractivity contribution in [3.05, 3.63) is 28.9 Å². The number of hydrogen-bond donors (Lipinski definition) is 2. The lowest BCUT2D eigenvalue weighted by molar-refractivity contribution is 0.634. The summed E-state index contributed by atoms with van der Waals surface area (Å²) in [6.45, 7) is 2.23. The molecule has 0 aromatic carbocycles. The van der Waals surface area contributed by atoms with Gasteiger partial charge in [-0.15, -0.1) is 0 Å². The number of nitrogens with zero attached hydrogens (tertiary/aromatic N) is 1. The zero-order chi connectivity index (χ0) is 10.8. The average Bonchev–Trinajstić information content (AvgIpc) is 2.82. The van der Waals surface area contributed by atoms with Crippen molar-refractivity contribution in [1.82, 2.24) is 15.6 Å². The predicted molar refractivity (Wildman–Crippen MR) is 65.0 cm³/mol. The number of fused-ring (bicyclic) bond motifs is 1. The molecule has 0 bridgehead atoms. The normalized spacial score (nSPS) is 23.8. The number of nitrogens with one attached hydrogen (secondary N) is 2. The van der Waals surface area contributed by atoms with Gasteiger partial charge in [0.15, 0.2) is 0 Å². The van der Waals surface area contributed by atoms with Gasteiger partial charge >= 0.3 is 0 Å². The van der Waals surface area contributed by atoms with E-state index in [-0.39, 0.29) is 0 Å². The number of pyridine rings is 1. The third-order valence-electron chi connectivity index (χ3n) is 3.37. The molecule has 1 atom stereocenters. The molecular formula is C13H17N3. The third-order valence-corrected chi connectivity index (χ3v) is 3.37. The molecule has 0 spiro atoms. The van der Waals surface area contributed by atoms with Crippen molar-refractivity contribution in [2.24, 2.45) is 0 Å². The molecule has 1 aromatic rings. The van der Waals surface area contributed by atoms with Crippen LogP contribution >= 0.6 is 0 Å². The van der Waals surface area contributed by atoms with Crippen LogP contribution in [0.5, 0.6) is 0 Å². The summed E-state index contributed by atoms with van der Waals surface area (Å²) in [4.78, 5) is 4.18. The summed E-state index contributed by atoms with van der Waals surface area (Å²) in [6, 6.07) is 2.73. The first-order valence-corrected chi connectivity index (χ1v) is 6.04. The Balaban J connectivity index is 1.96. The van der Waals surface area contributed by atoms with Crippen LogP contribution in [0.1, 0.15) is 19.3 Å². The van der Waals surface area contributed by atoms with Gasteiger partial charge in [0.05, 0.1) is 0 Å². The van der Waals surface area contributed by atoms with Gasteiger partial charge in [-0.2, -0.15) is 0 Å². The van der Waals surface area contributed by atoms with Gasteiger partial charge in [0.1, 0.15) is 0 Å². The Morgan fingerprint density at radius 2 is 2.44 bits per heavy atom. The Morgan fingerprint density at radius 1 is 1.44 bits per heavy atom. The van der Waals surface area contributed by atoms with Crippen LogP contribution in [0.4, 0.5) is 0 Å². The smallest absolute Gasteiger partial charge is 0.0395 e. The fraction of sp³-hybridized carbons (Fsp3) is 0.462. The summed E-state index contributed by atoms with van der Waals surface area (Å²) in [5, 5.41) is 9.69. The Bertz CT molecular complexity index is 486. The van der Waals surface area contributed by atoms with Crippen LogP contribution in [-0.4, -0.2) is 24.1 Å². The maximum atomic E-state index is 4.18. The van der Waals surface area contributed by atoms with Crippen LogP contribution in [0.3, 0.4) is 0 Å². The fourth-order valence-electron chi connectivity index (χ4n) is 2.52. The lowest BCUT2D eigenvalue weighted by atomic mass is 10.1. The van der Waals surface area contributed by atoms with E-state index < -0.39 is 0 Å². The van der Waals surface area contributed by atoms with Gasteiger partial charge in [0.2, 0.25) is 0 Å². The summed E-state index contributed by atoms with van der Waals surface area (Å²) in [6.07, 6.45) is 9.61. The van der Waals surface area contributed by atoms with Gasteiger partial charge in [-0.1, -0.05) is 6.08 Å². The molecule has 3 nitrogen and oxygen atoms in total. The Labute approximate surface area is 95.3 Å². The number of aromatic nitrogens is 1. The monoisotopic (exact) mass is 215 g/mol. The first-order chi connectivity index (χ1) is 7.93. The highest BCUT2D eigenvalue weighted by molar-refractivity contribution is 5.49. The summed E-state index contributed by atoms with van der Waals surface area (Å²) < 4.78 is 0. The van der Waals surface area contributed by atoms with Gasteiger partial charge in [-0.25, -0.2) is 0 Å². The van der Waals surface area contributed by atoms with Crippen molar-refractivity contribution < 1.29 is 0 Å². The molecule has 2 heterocycles. The van der Waals surface area contributed by atoms with Gasteiger partial charge in [-0.05, 0) is 37.1 Å². The molecule has 1 saturated heterocycles. The zero-order valence-corrected chi connectivity index (χ0v) is 9.37. The minimum atomic E-state index is 0.606. The topological polar surface area (TPSA) is 37.0 Å². The second kappa shape index (κ2) is 4.26. The van der Waals surface area contributed by atoms with Gasteiger partial charge in [0.25, 0.3) is 0 Å². The third kappa shape index (κ3) is 1.83. The van der Waals surface area contributed by atoms with E-state index in [1.807, 2.05) is 12.4 Å². The maximum Gasteiger partial charge on any atom is 0.0395 e. The summed E-state index contributed by atoms with van der Waals surface area (Å²) in [7, 11) is 0. The minimum Gasteiger partial charge on any atom is -0.384 e. The van der Waals surface area contributed by atoms with Crippen molar-refractivity contribution in [3.63, 3.8) is 0 Å². The molecule has 0 amide bonds. The highest BCUT2D eigenvalue weighted by atomic mass is 15.0. The molecule has 1 aliphatic carbocycles. The van der Waals surface area contributed by atoms with Crippen LogP contribution in [0, 0.1) is 0 Å². The number of hydrogen-bond acceptors (Lipinski definition) is 3. The molecule has 2 aliphatic rings. The van der Waals surface area contributed by atoms with Crippen molar-refractivity contribution >= 4 is 11.8 Å². The standard InChI is InChI=1S/C13H17N3/c1-2-10-8-14-7-5-12(10)13(3-1)16-11-4-6-15-9-11/h2,5,7-8,11,15-16H,1,3-4,6,9H2. The van der Waals surface area contributed by atoms with Gasteiger partial charge in [0, 0.05) is 35.9 Å². The first kappa shape index (κ1) is 9.85. The van der Waals surface area contributed by atoms with Crippen molar-refractivity contribution in [3.8, 4) is 0 Å². The minimum absolute atomic E-state index is 0.606. The molecule has 0 saturated carbocycles. The van der Waals surface area contributed by atoms with Crippen LogP contribution in [-0.2, 0) is 0 Å². The van der Waals surface area contributed by atoms with Crippen LogP contribution in [0.15, 0.2) is 18.5 Å². The highest BCUT2D eigenvalue weighted by Gasteiger charge is 2.15. The van der Waals surface area contributed by atoms with Gasteiger partial charge in [-0.3, -0.25) is 4.98 Å². The molecule has 2 N–H and O–H groups in total. The highest BCUT2D eigenvalue weighted by Crippen LogP contribution is 2.08. The first-order valence-electron chi connectivity index (χ1n) is 6.04. The van der Waals surface area contributed by atoms with Crippen molar-refractivity contribution in [2.75, 3.05) is 13.1 Å². The summed E-state index contributed by atoms with van der Waals surface area (Å²) in [5.41, 5.74) is 1.40. The average molecular weight is 215 g/mol. The van der Waals surface area contributed by atoms with E-state index in [0.717, 1.165) is 25.9 Å². The van der Waals surface area contributed by atoms with E-state index in [1.165, 1.54) is 22.6 Å². The lowest BCUT2D eigenvalue weighted by Gasteiger charge is -2.18. The van der Waals surface area contributed by atoms with E-state index in [0.29, 0.717) is 6.04 Å². The van der Waals surface area contributed by atoms with E-state index in [4.69, 9.17) is 0 Å². The van der Waals surface area contributed by atoms with Crippen LogP contribution in [0.25, 0.3) is 11.8 Å². The molecule has 1 fully saturated rings. The summed E-state index contributed by atoms with van der Waals surface area (Å²) >= 11 is 0. The van der Waals surface area contributed by atoms with Gasteiger partial charge < -0.3 is 10.6 Å². The molecular weight excluding hydrogens is 198 g/mol. The van der Waals surface area contributed by atoms with Crippen LogP contribution < -0.4 is 21.1 Å². The second-order valence-electron chi connectivity index (χ2n) is 4.52. The quantitative estimate of drug-likeness (QED) is 0.712. The van der Waals surface area contributed by atoms with E-state index >= 15 is 0 Å². The van der Waals surface area contributed by atoms with E-state index in [1.54, 1.807) is 0 Å². The zero-order valence-electron chi connectivity index (χ0n) is 9.37. The molecule has 1 unspecified atom stereocenters. The molecule has 0 radical (unpaired) electrons. The summed E-state index contributed by atoms with van der Waals surface area (Å²) in [5.74, 6) is 0. The largest absolute Gasteiger partial charge is 0.384 e. The van der Waals surface area contributed by atoms with Crippen molar-refractivity contribution in [2.45, 2.75) is 25.3 Å². The molecule has 16 heavy (non-hydrogen) atoms. The van der Waals surface area contributed by atoms with Crippen LogP contribution in [0.2, 0.25) is 0 Å². The molecule has 3 heteroatoms. The Morgan fingerprint density at radius 3 is 3.31 bits per heavy atom.